The molecule has 1 aromatic carbocycles. The highest BCUT2D eigenvalue weighted by atomic mass is 16.5. The number of esters is 1. The number of nitrogens with zero attached hydrogens (tertiary/aromatic N) is 2. The van der Waals surface area contributed by atoms with Gasteiger partial charge in [0.25, 0.3) is 0 Å². The Hall–Kier alpha value is -3.32. The number of piperidine rings is 1. The summed E-state index contributed by atoms with van der Waals surface area (Å²) < 4.78 is 17.4. The standard InChI is InChI=1S/C32H38N2O5/c1-20(2)17-34(29(36)11-8-23-12-15-37-19-23)26-10-9-25-27-16-24-6-5-7-28-30(24)32(25,31(26)39-28)13-14-33(27)18-21(3)38-22(4)35/h5-8,11-12,15,19-20,25-27,31H,3,9-10,13-14,16-18H2,1-2,4H3/t25-,26-,27+,31-,32-/m0/s1. The Morgan fingerprint density at radius 1 is 1.28 bits per heavy atom. The van der Waals surface area contributed by atoms with Crippen molar-refractivity contribution in [2.24, 2.45) is 11.8 Å². The van der Waals surface area contributed by atoms with Crippen LogP contribution in [-0.2, 0) is 26.2 Å². The van der Waals surface area contributed by atoms with E-state index in [1.54, 1.807) is 18.6 Å². The van der Waals surface area contributed by atoms with E-state index in [0.29, 0.717) is 36.7 Å². The number of carbonyl (C=O) groups excluding carboxylic acids is 2. The molecule has 39 heavy (non-hydrogen) atoms. The van der Waals surface area contributed by atoms with Crippen molar-refractivity contribution in [3.05, 3.63) is 71.9 Å². The zero-order valence-electron chi connectivity index (χ0n) is 23.1. The van der Waals surface area contributed by atoms with Crippen molar-refractivity contribution >= 4 is 18.0 Å². The van der Waals surface area contributed by atoms with Gasteiger partial charge in [-0.05, 0) is 67.8 Å². The molecule has 1 spiro atoms. The first-order chi connectivity index (χ1) is 18.8. The number of rotatable bonds is 8. The molecule has 3 heterocycles. The number of ether oxygens (including phenoxy) is 2. The third kappa shape index (κ3) is 4.41. The van der Waals surface area contributed by atoms with Crippen molar-refractivity contribution in [3.63, 3.8) is 0 Å². The minimum Gasteiger partial charge on any atom is -0.487 e. The largest absolute Gasteiger partial charge is 0.487 e. The van der Waals surface area contributed by atoms with Crippen molar-refractivity contribution in [1.29, 1.82) is 0 Å². The van der Waals surface area contributed by atoms with E-state index >= 15 is 0 Å². The molecule has 5 atom stereocenters. The summed E-state index contributed by atoms with van der Waals surface area (Å²) in [5.74, 6) is 1.94. The zero-order chi connectivity index (χ0) is 27.3. The van der Waals surface area contributed by atoms with Crippen LogP contribution in [0.5, 0.6) is 5.75 Å². The Labute approximate surface area is 230 Å². The highest BCUT2D eigenvalue weighted by Gasteiger charge is 2.66. The van der Waals surface area contributed by atoms with Gasteiger partial charge in [-0.25, -0.2) is 0 Å². The summed E-state index contributed by atoms with van der Waals surface area (Å²) in [6.07, 6.45) is 10.5. The van der Waals surface area contributed by atoms with Gasteiger partial charge < -0.3 is 18.8 Å². The molecule has 7 nitrogen and oxygen atoms in total. The van der Waals surface area contributed by atoms with Gasteiger partial charge in [0.05, 0.1) is 25.1 Å². The quantitative estimate of drug-likeness (QED) is 0.273. The van der Waals surface area contributed by atoms with Crippen molar-refractivity contribution in [2.75, 3.05) is 19.6 Å². The molecule has 2 aromatic rings. The van der Waals surface area contributed by atoms with Crippen LogP contribution in [-0.4, -0.2) is 59.5 Å². The molecule has 0 unspecified atom stereocenters. The number of hydrogen-bond donors (Lipinski definition) is 0. The fourth-order valence-electron chi connectivity index (χ4n) is 7.96. The maximum Gasteiger partial charge on any atom is 0.307 e. The molecule has 1 saturated heterocycles. The first-order valence-electron chi connectivity index (χ1n) is 14.2. The van der Waals surface area contributed by atoms with E-state index in [1.807, 2.05) is 12.1 Å². The fourth-order valence-corrected chi connectivity index (χ4v) is 7.96. The Morgan fingerprint density at radius 3 is 2.87 bits per heavy atom. The first kappa shape index (κ1) is 25.9. The molecular formula is C32H38N2O5. The molecule has 2 aliphatic heterocycles. The monoisotopic (exact) mass is 530 g/mol. The maximum absolute atomic E-state index is 13.7. The lowest BCUT2D eigenvalue weighted by atomic mass is 9.51. The Morgan fingerprint density at radius 2 is 2.13 bits per heavy atom. The molecular weight excluding hydrogens is 492 g/mol. The molecule has 4 aliphatic rings. The van der Waals surface area contributed by atoms with Gasteiger partial charge in [0.1, 0.15) is 17.6 Å². The van der Waals surface area contributed by atoms with Crippen LogP contribution in [0.3, 0.4) is 0 Å². The van der Waals surface area contributed by atoms with Crippen molar-refractivity contribution in [1.82, 2.24) is 9.80 Å². The molecule has 1 aromatic heterocycles. The highest BCUT2D eigenvalue weighted by Crippen LogP contribution is 2.62. The number of hydrogen-bond acceptors (Lipinski definition) is 6. The van der Waals surface area contributed by atoms with E-state index in [1.165, 1.54) is 18.1 Å². The molecule has 6 rings (SSSR count). The molecule has 0 N–H and O–H groups in total. The number of benzene rings is 1. The Kier molecular flexibility index (Phi) is 6.66. The third-order valence-corrected chi connectivity index (χ3v) is 9.17. The SMILES string of the molecule is C=C(CN1CC[C@]23c4c5cccc4O[C@H]2[C@@H](N(CC(C)C)C(=O)C=Cc2ccoc2)CC[C@H]3[C@H]1C5)OC(C)=O. The summed E-state index contributed by atoms with van der Waals surface area (Å²) in [6.45, 7) is 11.9. The smallest absolute Gasteiger partial charge is 0.307 e. The predicted molar refractivity (Wildman–Crippen MR) is 148 cm³/mol. The van der Waals surface area contributed by atoms with Crippen LogP contribution in [0.25, 0.3) is 6.08 Å². The zero-order valence-corrected chi connectivity index (χ0v) is 23.1. The number of amides is 1. The van der Waals surface area contributed by atoms with Crippen molar-refractivity contribution in [3.8, 4) is 5.75 Å². The summed E-state index contributed by atoms with van der Waals surface area (Å²) in [7, 11) is 0. The molecule has 0 radical (unpaired) electrons. The normalized spacial score (nSPS) is 28.7. The second-order valence-electron chi connectivity index (χ2n) is 12.0. The Bertz CT molecular complexity index is 1300. The van der Waals surface area contributed by atoms with E-state index in [4.69, 9.17) is 13.9 Å². The number of furan rings is 1. The van der Waals surface area contributed by atoms with E-state index in [0.717, 1.165) is 43.5 Å². The van der Waals surface area contributed by atoms with Gasteiger partial charge in [-0.15, -0.1) is 0 Å². The summed E-state index contributed by atoms with van der Waals surface area (Å²) in [5, 5.41) is 0. The molecule has 7 heteroatoms. The maximum atomic E-state index is 13.7. The molecule has 1 saturated carbocycles. The van der Waals surface area contributed by atoms with Gasteiger partial charge in [-0.3, -0.25) is 14.5 Å². The van der Waals surface area contributed by atoms with Crippen LogP contribution in [0.2, 0.25) is 0 Å². The third-order valence-electron chi connectivity index (χ3n) is 9.17. The lowest BCUT2D eigenvalue weighted by Gasteiger charge is -2.60. The van der Waals surface area contributed by atoms with Gasteiger partial charge >= 0.3 is 5.97 Å². The summed E-state index contributed by atoms with van der Waals surface area (Å²) in [4.78, 5) is 29.8. The fraction of sp³-hybridized carbons (Fsp3) is 0.500. The highest BCUT2D eigenvalue weighted by molar-refractivity contribution is 5.92. The van der Waals surface area contributed by atoms with E-state index in [9.17, 15) is 9.59 Å². The number of likely N-dealkylation sites (tertiary alicyclic amines) is 1. The minimum atomic E-state index is -0.325. The van der Waals surface area contributed by atoms with Crippen LogP contribution in [0, 0.1) is 11.8 Å². The average molecular weight is 531 g/mol. The lowest BCUT2D eigenvalue weighted by molar-refractivity contribution is -0.140. The average Bonchev–Trinajstić information content (AvgIpc) is 3.52. The topological polar surface area (TPSA) is 72.2 Å². The van der Waals surface area contributed by atoms with Crippen LogP contribution < -0.4 is 4.74 Å². The minimum absolute atomic E-state index is 0.00767. The van der Waals surface area contributed by atoms with Crippen molar-refractivity contribution in [2.45, 2.75) is 70.1 Å². The molecule has 206 valence electrons. The van der Waals surface area contributed by atoms with Gasteiger partial charge in [0, 0.05) is 42.1 Å². The lowest BCUT2D eigenvalue weighted by Crippen LogP contribution is -2.69. The van der Waals surface area contributed by atoms with E-state index in [2.05, 4.69) is 48.4 Å². The molecule has 2 bridgehead atoms. The predicted octanol–water partition coefficient (Wildman–Crippen LogP) is 4.96. The van der Waals surface area contributed by atoms with Crippen LogP contribution >= 0.6 is 0 Å². The molecule has 1 amide bonds. The van der Waals surface area contributed by atoms with Crippen LogP contribution in [0.15, 0.2) is 59.6 Å². The summed E-state index contributed by atoms with van der Waals surface area (Å²) >= 11 is 0. The number of carbonyl (C=O) groups is 2. The van der Waals surface area contributed by atoms with Gasteiger partial charge in [-0.2, -0.15) is 0 Å². The summed E-state index contributed by atoms with van der Waals surface area (Å²) in [6, 6.07) is 8.61. The summed E-state index contributed by atoms with van der Waals surface area (Å²) in [5.41, 5.74) is 3.48. The molecule has 2 aliphatic carbocycles. The van der Waals surface area contributed by atoms with E-state index in [-0.39, 0.29) is 29.4 Å². The van der Waals surface area contributed by atoms with Crippen molar-refractivity contribution < 1.29 is 23.5 Å². The first-order valence-corrected chi connectivity index (χ1v) is 14.2. The Balaban J connectivity index is 1.34. The van der Waals surface area contributed by atoms with Gasteiger partial charge in [0.2, 0.25) is 5.91 Å². The van der Waals surface area contributed by atoms with Gasteiger partial charge in [0.15, 0.2) is 0 Å². The van der Waals surface area contributed by atoms with E-state index < -0.39 is 0 Å². The second kappa shape index (κ2) is 10.0. The molecule has 2 fully saturated rings. The van der Waals surface area contributed by atoms with Crippen LogP contribution in [0.4, 0.5) is 0 Å². The van der Waals surface area contributed by atoms with Crippen LogP contribution in [0.1, 0.15) is 56.7 Å². The van der Waals surface area contributed by atoms with Gasteiger partial charge in [-0.1, -0.05) is 32.6 Å². The second-order valence-corrected chi connectivity index (χ2v) is 12.0.